The average molecular weight is 492 g/mol. The van der Waals surface area contributed by atoms with E-state index in [0.29, 0.717) is 29.3 Å². The lowest BCUT2D eigenvalue weighted by Crippen LogP contribution is -2.42. The van der Waals surface area contributed by atoms with E-state index in [0.717, 1.165) is 49.3 Å². The fraction of sp³-hybridized carbons (Fsp3) is 0.571. The highest BCUT2D eigenvalue weighted by molar-refractivity contribution is 5.95. The Morgan fingerprint density at radius 2 is 1.89 bits per heavy atom. The van der Waals surface area contributed by atoms with Gasteiger partial charge in [0.25, 0.3) is 5.91 Å². The molecule has 0 unspecified atom stereocenters. The molecule has 1 saturated carbocycles. The highest BCUT2D eigenvalue weighted by atomic mass is 16.2. The van der Waals surface area contributed by atoms with Crippen LogP contribution in [0.3, 0.4) is 0 Å². The Balaban J connectivity index is 1.36. The number of hydrogen-bond acceptors (Lipinski definition) is 4. The van der Waals surface area contributed by atoms with Crippen LogP contribution in [0, 0.1) is 35.0 Å². The molecule has 2 fully saturated rings. The van der Waals surface area contributed by atoms with E-state index < -0.39 is 5.91 Å². The maximum atomic E-state index is 13.4. The van der Waals surface area contributed by atoms with Gasteiger partial charge >= 0.3 is 0 Å². The number of pyridine rings is 1. The number of fused-ring (bicyclic) bond motifs is 2. The number of nitrogens with two attached hydrogens (primary N) is 1. The number of nitrogens with one attached hydrogen (secondary N) is 1. The van der Waals surface area contributed by atoms with Gasteiger partial charge in [0.05, 0.1) is 0 Å². The highest BCUT2D eigenvalue weighted by Crippen LogP contribution is 2.46. The van der Waals surface area contributed by atoms with Gasteiger partial charge in [-0.05, 0) is 65.7 Å². The summed E-state index contributed by atoms with van der Waals surface area (Å²) in [6.07, 6.45) is 3.33. The zero-order valence-electron chi connectivity index (χ0n) is 21.9. The number of carbonyl (C=O) groups is 3. The monoisotopic (exact) mass is 491 g/mol. The summed E-state index contributed by atoms with van der Waals surface area (Å²) in [6.45, 7) is 12.7. The molecule has 1 saturated heterocycles. The van der Waals surface area contributed by atoms with Crippen LogP contribution in [0.5, 0.6) is 0 Å². The predicted molar refractivity (Wildman–Crippen MR) is 138 cm³/mol. The van der Waals surface area contributed by atoms with Gasteiger partial charge in [0.1, 0.15) is 11.5 Å². The first kappa shape index (κ1) is 24.5. The molecule has 5 atom stereocenters. The number of anilines is 1. The SMILES string of the molecule is CC(=O)N1C[C@H]2C[C@@H](C(=O)Nc3cc(-c4cc(C(N)=O)n5c4CC(C)(C)C5)ccn3)[C@@H](C)[C@@H](C)[C@H]2C1. The van der Waals surface area contributed by atoms with Crippen molar-refractivity contribution in [2.45, 2.75) is 54.0 Å². The minimum absolute atomic E-state index is 0.0141. The van der Waals surface area contributed by atoms with Gasteiger partial charge in [0.2, 0.25) is 11.8 Å². The Hall–Kier alpha value is -3.16. The molecule has 0 spiro atoms. The van der Waals surface area contributed by atoms with Crippen LogP contribution < -0.4 is 11.1 Å². The lowest BCUT2D eigenvalue weighted by molar-refractivity contribution is -0.128. The van der Waals surface area contributed by atoms with E-state index in [-0.39, 0.29) is 29.1 Å². The molecule has 5 rings (SSSR count). The topological polar surface area (TPSA) is 110 Å². The summed E-state index contributed by atoms with van der Waals surface area (Å²) in [6, 6.07) is 5.66. The van der Waals surface area contributed by atoms with Crippen molar-refractivity contribution in [3.63, 3.8) is 0 Å². The lowest BCUT2D eigenvalue weighted by atomic mass is 9.64. The molecule has 36 heavy (non-hydrogen) atoms. The Morgan fingerprint density at radius 1 is 1.14 bits per heavy atom. The zero-order valence-corrected chi connectivity index (χ0v) is 21.9. The first-order valence-electron chi connectivity index (χ1n) is 13.0. The van der Waals surface area contributed by atoms with Crippen LogP contribution in [0.1, 0.15) is 57.2 Å². The Bertz CT molecular complexity index is 1230. The van der Waals surface area contributed by atoms with Crippen molar-refractivity contribution in [2.24, 2.45) is 40.7 Å². The maximum Gasteiger partial charge on any atom is 0.265 e. The molecule has 8 nitrogen and oxygen atoms in total. The lowest BCUT2D eigenvalue weighted by Gasteiger charge is -2.40. The van der Waals surface area contributed by atoms with E-state index in [1.54, 1.807) is 13.1 Å². The van der Waals surface area contributed by atoms with E-state index in [9.17, 15) is 14.4 Å². The van der Waals surface area contributed by atoms with Gasteiger partial charge < -0.3 is 20.5 Å². The van der Waals surface area contributed by atoms with Gasteiger partial charge in [-0.3, -0.25) is 14.4 Å². The molecule has 8 heteroatoms. The Labute approximate surface area is 212 Å². The molecule has 3 aliphatic rings. The van der Waals surface area contributed by atoms with E-state index >= 15 is 0 Å². The number of nitrogens with zero attached hydrogens (tertiary/aromatic N) is 3. The third-order valence-corrected chi connectivity index (χ3v) is 8.99. The number of aromatic nitrogens is 2. The fourth-order valence-corrected chi connectivity index (χ4v) is 6.88. The number of hydrogen-bond donors (Lipinski definition) is 2. The summed E-state index contributed by atoms with van der Waals surface area (Å²) < 4.78 is 2.03. The van der Waals surface area contributed by atoms with Crippen LogP contribution in [0.2, 0.25) is 0 Å². The molecule has 3 N–H and O–H groups in total. The minimum Gasteiger partial charge on any atom is -0.364 e. The first-order valence-corrected chi connectivity index (χ1v) is 13.0. The molecule has 0 radical (unpaired) electrons. The molecule has 2 aromatic rings. The van der Waals surface area contributed by atoms with Gasteiger partial charge in [-0.25, -0.2) is 4.98 Å². The quantitative estimate of drug-likeness (QED) is 0.681. The van der Waals surface area contributed by atoms with Crippen molar-refractivity contribution in [1.29, 1.82) is 0 Å². The van der Waals surface area contributed by atoms with Gasteiger partial charge in [-0.2, -0.15) is 0 Å². The van der Waals surface area contributed by atoms with Crippen molar-refractivity contribution in [3.8, 4) is 11.1 Å². The minimum atomic E-state index is -0.434. The number of primary amides is 1. The molecule has 3 amide bonds. The van der Waals surface area contributed by atoms with E-state index in [1.807, 2.05) is 27.7 Å². The second-order valence-electron chi connectivity index (χ2n) is 12.0. The molecular weight excluding hydrogens is 454 g/mol. The average Bonchev–Trinajstić information content (AvgIpc) is 3.46. The van der Waals surface area contributed by atoms with Crippen LogP contribution >= 0.6 is 0 Å². The van der Waals surface area contributed by atoms with Crippen LogP contribution in [-0.2, 0) is 22.6 Å². The van der Waals surface area contributed by atoms with Crippen LogP contribution in [0.25, 0.3) is 11.1 Å². The summed E-state index contributed by atoms with van der Waals surface area (Å²) >= 11 is 0. The van der Waals surface area contributed by atoms with Crippen molar-refractivity contribution in [2.75, 3.05) is 18.4 Å². The van der Waals surface area contributed by atoms with Crippen molar-refractivity contribution in [1.82, 2.24) is 14.5 Å². The Kier molecular flexibility index (Phi) is 5.96. The van der Waals surface area contributed by atoms with Crippen molar-refractivity contribution >= 4 is 23.5 Å². The third kappa shape index (κ3) is 4.20. The van der Waals surface area contributed by atoms with Gasteiger partial charge in [0, 0.05) is 49.9 Å². The predicted octanol–water partition coefficient (Wildman–Crippen LogP) is 3.56. The van der Waals surface area contributed by atoms with Crippen LogP contribution in [0.4, 0.5) is 5.82 Å². The number of rotatable bonds is 4. The molecule has 2 aliphatic heterocycles. The van der Waals surface area contributed by atoms with Crippen molar-refractivity contribution < 1.29 is 14.4 Å². The smallest absolute Gasteiger partial charge is 0.265 e. The molecule has 0 bridgehead atoms. The zero-order chi connectivity index (χ0) is 25.9. The number of likely N-dealkylation sites (tertiary alicyclic amines) is 1. The van der Waals surface area contributed by atoms with E-state index in [2.05, 4.69) is 38.0 Å². The number of amides is 3. The van der Waals surface area contributed by atoms with E-state index in [1.165, 1.54) is 0 Å². The molecule has 0 aromatic carbocycles. The van der Waals surface area contributed by atoms with Crippen LogP contribution in [-0.4, -0.2) is 45.3 Å². The van der Waals surface area contributed by atoms with Gasteiger partial charge in [-0.15, -0.1) is 0 Å². The van der Waals surface area contributed by atoms with Crippen LogP contribution in [0.15, 0.2) is 24.4 Å². The number of carbonyl (C=O) groups excluding carboxylic acids is 3. The third-order valence-electron chi connectivity index (χ3n) is 8.99. The molecule has 192 valence electrons. The molecular formula is C28H37N5O3. The summed E-state index contributed by atoms with van der Waals surface area (Å²) in [4.78, 5) is 43.8. The normalized spacial score (nSPS) is 28.5. The Morgan fingerprint density at radius 3 is 2.58 bits per heavy atom. The summed E-state index contributed by atoms with van der Waals surface area (Å²) in [5.41, 5.74) is 9.21. The summed E-state index contributed by atoms with van der Waals surface area (Å²) in [5.74, 6) is 1.44. The first-order chi connectivity index (χ1) is 16.9. The summed E-state index contributed by atoms with van der Waals surface area (Å²) in [7, 11) is 0. The van der Waals surface area contributed by atoms with Crippen molar-refractivity contribution in [3.05, 3.63) is 35.8 Å². The second-order valence-corrected chi connectivity index (χ2v) is 12.0. The molecule has 1 aliphatic carbocycles. The summed E-state index contributed by atoms with van der Waals surface area (Å²) in [5, 5.41) is 3.07. The largest absolute Gasteiger partial charge is 0.364 e. The molecule has 2 aromatic heterocycles. The van der Waals surface area contributed by atoms with E-state index in [4.69, 9.17) is 5.73 Å². The van der Waals surface area contributed by atoms with Gasteiger partial charge in [0.15, 0.2) is 0 Å². The second kappa shape index (κ2) is 8.75. The maximum absolute atomic E-state index is 13.4. The molecule has 4 heterocycles. The standard InChI is InChI=1S/C28H37N5O3/c1-15-16(2)22-13-32(17(3)34)12-19(22)8-20(15)27(36)31-25-9-18(6-7-30-25)21-10-23(26(29)35)33-14-28(4,5)11-24(21)33/h6-7,9-10,15-16,19-20,22H,8,11-14H2,1-5H3,(H2,29,35)(H,30,31,36)/t15-,16+,19+,20+,22+/m0/s1. The highest BCUT2D eigenvalue weighted by Gasteiger charge is 2.47. The van der Waals surface area contributed by atoms with Gasteiger partial charge in [-0.1, -0.05) is 27.7 Å². The fourth-order valence-electron chi connectivity index (χ4n) is 6.88.